The quantitative estimate of drug-likeness (QED) is 0.265. The van der Waals surface area contributed by atoms with Gasteiger partial charge >= 0.3 is 0 Å². The largest absolute Gasteiger partial charge is 0.455 e. The molecule has 1 amide bonds. The normalized spacial score (nSPS) is 13.6. The van der Waals surface area contributed by atoms with E-state index in [2.05, 4.69) is 21.2 Å². The molecule has 0 saturated heterocycles. The van der Waals surface area contributed by atoms with Gasteiger partial charge in [-0.2, -0.15) is 0 Å². The van der Waals surface area contributed by atoms with E-state index in [1.807, 2.05) is 30.3 Å². The van der Waals surface area contributed by atoms with Crippen molar-refractivity contribution in [2.24, 2.45) is 0 Å². The van der Waals surface area contributed by atoms with Crippen LogP contribution in [0.3, 0.4) is 0 Å². The Bertz CT molecular complexity index is 1580. The summed E-state index contributed by atoms with van der Waals surface area (Å²) in [6, 6.07) is 17.2. The van der Waals surface area contributed by atoms with Gasteiger partial charge in [0.15, 0.2) is 0 Å². The summed E-state index contributed by atoms with van der Waals surface area (Å²) in [5.41, 5.74) is 3.76. The molecule has 1 saturated carbocycles. The molecule has 1 heterocycles. The van der Waals surface area contributed by atoms with Crippen LogP contribution in [-0.4, -0.2) is 34.2 Å². The van der Waals surface area contributed by atoms with E-state index in [1.165, 1.54) is 22.7 Å². The lowest BCUT2D eigenvalue weighted by Gasteiger charge is -2.25. The Morgan fingerprint density at radius 1 is 1.11 bits per heavy atom. The number of fused-ring (bicyclic) bond motifs is 1. The number of nitrogens with zero attached hydrogens (tertiary/aromatic N) is 1. The maximum absolute atomic E-state index is 13.6. The fraction of sp³-hybridized carbons (Fsp3) is 0.250. The summed E-state index contributed by atoms with van der Waals surface area (Å²) in [4.78, 5) is 13.0. The van der Waals surface area contributed by atoms with E-state index in [-0.39, 0.29) is 18.4 Å². The van der Waals surface area contributed by atoms with Gasteiger partial charge in [0.2, 0.25) is 10.0 Å². The Morgan fingerprint density at radius 2 is 1.78 bits per heavy atom. The number of carbonyl (C=O) groups excluding carboxylic acids is 1. The van der Waals surface area contributed by atoms with Crippen molar-refractivity contribution in [1.82, 2.24) is 5.32 Å². The molecule has 0 unspecified atom stereocenters. The van der Waals surface area contributed by atoms with Crippen molar-refractivity contribution in [3.63, 3.8) is 0 Å². The number of hydrogen-bond acceptors (Lipinski definition) is 4. The maximum Gasteiger partial charge on any atom is 0.255 e. The van der Waals surface area contributed by atoms with Gasteiger partial charge in [0.1, 0.15) is 17.2 Å². The summed E-state index contributed by atoms with van der Waals surface area (Å²) in [6.07, 6.45) is 3.63. The Kier molecular flexibility index (Phi) is 6.85. The Balaban J connectivity index is 1.65. The highest BCUT2D eigenvalue weighted by molar-refractivity contribution is 9.10. The van der Waals surface area contributed by atoms with Gasteiger partial charge in [-0.25, -0.2) is 12.8 Å². The van der Waals surface area contributed by atoms with E-state index in [0.717, 1.165) is 28.4 Å². The zero-order valence-corrected chi connectivity index (χ0v) is 22.8. The Hall–Kier alpha value is -3.17. The van der Waals surface area contributed by atoms with Gasteiger partial charge in [0, 0.05) is 35.1 Å². The summed E-state index contributed by atoms with van der Waals surface area (Å²) in [6.45, 7) is 0.263. The topological polar surface area (TPSA) is 79.6 Å². The molecule has 1 aromatic heterocycles. The minimum absolute atomic E-state index is 0.207. The van der Waals surface area contributed by atoms with Gasteiger partial charge in [0.25, 0.3) is 5.91 Å². The number of amides is 1. The number of carbonyl (C=O) groups is 1. The second-order valence-corrected chi connectivity index (χ2v) is 12.1. The van der Waals surface area contributed by atoms with Crippen LogP contribution in [0.5, 0.6) is 0 Å². The lowest BCUT2D eigenvalue weighted by molar-refractivity contribution is 0.0964. The van der Waals surface area contributed by atoms with Crippen molar-refractivity contribution in [1.29, 1.82) is 0 Å². The molecular weight excluding hydrogens is 559 g/mol. The summed E-state index contributed by atoms with van der Waals surface area (Å²) in [5, 5.41) is 3.27. The number of anilines is 1. The summed E-state index contributed by atoms with van der Waals surface area (Å²) >= 11 is 3.43. The zero-order chi connectivity index (χ0) is 26.3. The van der Waals surface area contributed by atoms with Gasteiger partial charge < -0.3 is 9.73 Å². The van der Waals surface area contributed by atoms with Crippen molar-refractivity contribution in [3.05, 3.63) is 87.6 Å². The van der Waals surface area contributed by atoms with Gasteiger partial charge in [-0.05, 0) is 78.8 Å². The van der Waals surface area contributed by atoms with Crippen LogP contribution in [0, 0.1) is 5.82 Å². The van der Waals surface area contributed by atoms with E-state index in [0.29, 0.717) is 40.0 Å². The minimum atomic E-state index is -3.61. The highest BCUT2D eigenvalue weighted by atomic mass is 79.9. The molecule has 1 aliphatic carbocycles. The first-order valence-corrected chi connectivity index (χ1v) is 14.6. The summed E-state index contributed by atoms with van der Waals surface area (Å²) < 4.78 is 48.2. The Labute approximate surface area is 223 Å². The highest BCUT2D eigenvalue weighted by Gasteiger charge is 2.33. The standard InChI is InChI=1S/C28H26BrFN2O4S/c1-31-28(33)26-23-15-22(18-5-6-18)24(16-25(23)36-27(26)19-7-11-21(30)12-8-19)32(37(2,34)35)14-13-17-3-9-20(29)10-4-17/h3-4,7-12,15-16,18H,5-6,13-14H2,1-2H3,(H,31,33). The molecule has 0 atom stereocenters. The van der Waals surface area contributed by atoms with Crippen molar-refractivity contribution in [3.8, 4) is 11.3 Å². The predicted octanol–water partition coefficient (Wildman–Crippen LogP) is 6.25. The summed E-state index contributed by atoms with van der Waals surface area (Å²) in [7, 11) is -2.07. The first-order valence-electron chi connectivity index (χ1n) is 12.0. The first kappa shape index (κ1) is 25.5. The van der Waals surface area contributed by atoms with Crippen molar-refractivity contribution in [2.45, 2.75) is 25.2 Å². The summed E-state index contributed by atoms with van der Waals surface area (Å²) in [5.74, 6) is -0.205. The van der Waals surface area contributed by atoms with E-state index in [9.17, 15) is 17.6 Å². The second-order valence-electron chi connectivity index (χ2n) is 9.29. The number of furan rings is 1. The fourth-order valence-corrected chi connectivity index (χ4v) is 5.79. The number of nitrogens with one attached hydrogen (secondary N) is 1. The van der Waals surface area contributed by atoms with Crippen molar-refractivity contribution >= 4 is 48.5 Å². The number of halogens is 2. The molecule has 4 aromatic rings. The van der Waals surface area contributed by atoms with Crippen LogP contribution >= 0.6 is 15.9 Å². The molecule has 0 radical (unpaired) electrons. The molecule has 37 heavy (non-hydrogen) atoms. The smallest absolute Gasteiger partial charge is 0.255 e. The maximum atomic E-state index is 13.6. The number of hydrogen-bond donors (Lipinski definition) is 1. The highest BCUT2D eigenvalue weighted by Crippen LogP contribution is 2.48. The SMILES string of the molecule is CNC(=O)c1c(-c2ccc(F)cc2)oc2cc(N(CCc3ccc(Br)cc3)S(C)(=O)=O)c(C3CC3)cc12. The fourth-order valence-electron chi connectivity index (χ4n) is 4.59. The predicted molar refractivity (Wildman–Crippen MR) is 147 cm³/mol. The molecule has 0 aliphatic heterocycles. The molecule has 0 bridgehead atoms. The lowest BCUT2D eigenvalue weighted by Crippen LogP contribution is -2.32. The van der Waals surface area contributed by atoms with E-state index >= 15 is 0 Å². The molecular formula is C28H26BrFN2O4S. The average molecular weight is 585 g/mol. The van der Waals surface area contributed by atoms with E-state index in [1.54, 1.807) is 25.2 Å². The van der Waals surface area contributed by atoms with E-state index < -0.39 is 15.8 Å². The van der Waals surface area contributed by atoms with Crippen LogP contribution < -0.4 is 9.62 Å². The monoisotopic (exact) mass is 584 g/mol. The zero-order valence-electron chi connectivity index (χ0n) is 20.4. The third-order valence-corrected chi connectivity index (χ3v) is 8.31. The molecule has 1 fully saturated rings. The molecule has 0 spiro atoms. The Morgan fingerprint density at radius 3 is 2.38 bits per heavy atom. The second kappa shape index (κ2) is 9.95. The minimum Gasteiger partial charge on any atom is -0.455 e. The van der Waals surface area contributed by atoms with Crippen LogP contribution in [0.15, 0.2) is 69.6 Å². The third-order valence-electron chi connectivity index (χ3n) is 6.60. The average Bonchev–Trinajstić information content (AvgIpc) is 3.64. The van der Waals surface area contributed by atoms with Gasteiger partial charge in [0.05, 0.1) is 17.5 Å². The van der Waals surface area contributed by atoms with Crippen molar-refractivity contribution in [2.75, 3.05) is 24.2 Å². The molecule has 5 rings (SSSR count). The van der Waals surface area contributed by atoms with Gasteiger partial charge in [-0.3, -0.25) is 9.10 Å². The molecule has 1 N–H and O–H groups in total. The molecule has 192 valence electrons. The number of sulfonamides is 1. The third kappa shape index (κ3) is 5.29. The number of rotatable bonds is 8. The van der Waals surface area contributed by atoms with Crippen LogP contribution in [0.1, 0.15) is 40.2 Å². The molecule has 1 aliphatic rings. The molecule has 6 nitrogen and oxygen atoms in total. The van der Waals surface area contributed by atoms with E-state index in [4.69, 9.17) is 4.42 Å². The first-order chi connectivity index (χ1) is 17.7. The van der Waals surface area contributed by atoms with Crippen LogP contribution in [0.4, 0.5) is 10.1 Å². The van der Waals surface area contributed by atoms with Gasteiger partial charge in [-0.1, -0.05) is 28.1 Å². The van der Waals surface area contributed by atoms with Crippen LogP contribution in [-0.2, 0) is 16.4 Å². The van der Waals surface area contributed by atoms with Gasteiger partial charge in [-0.15, -0.1) is 0 Å². The number of benzene rings is 3. The van der Waals surface area contributed by atoms with Crippen molar-refractivity contribution < 1.29 is 22.0 Å². The van der Waals surface area contributed by atoms with Crippen LogP contribution in [0.2, 0.25) is 0 Å². The molecule has 3 aromatic carbocycles. The lowest BCUT2D eigenvalue weighted by atomic mass is 10.00. The van der Waals surface area contributed by atoms with Crippen LogP contribution in [0.25, 0.3) is 22.3 Å². The molecule has 9 heteroatoms.